The summed E-state index contributed by atoms with van der Waals surface area (Å²) in [6.07, 6.45) is 0. The number of aromatic nitrogens is 1. The molecule has 2 aromatic heterocycles. The van der Waals surface area contributed by atoms with Gasteiger partial charge in [-0.15, -0.1) is 11.3 Å². The molecule has 7 heteroatoms. The molecule has 0 unspecified atom stereocenters. The Morgan fingerprint density at radius 2 is 2.00 bits per heavy atom. The molecule has 0 saturated carbocycles. The number of hydrogen-bond acceptors (Lipinski definition) is 5. The molecule has 0 spiro atoms. The molecule has 0 saturated heterocycles. The van der Waals surface area contributed by atoms with Crippen molar-refractivity contribution < 1.29 is 10.2 Å². The summed E-state index contributed by atoms with van der Waals surface area (Å²) in [5.41, 5.74) is 1.04. The van der Waals surface area contributed by atoms with Crippen LogP contribution in [-0.4, -0.2) is 15.2 Å². The normalized spacial score (nSPS) is 10.8. The molecule has 0 fully saturated rings. The zero-order valence-electron chi connectivity index (χ0n) is 11.1. The summed E-state index contributed by atoms with van der Waals surface area (Å²) in [6, 6.07) is 8.69. The van der Waals surface area contributed by atoms with E-state index in [-0.39, 0.29) is 17.9 Å². The summed E-state index contributed by atoms with van der Waals surface area (Å²) < 4.78 is 0.396. The molecule has 0 aliphatic rings. The van der Waals surface area contributed by atoms with Gasteiger partial charge in [0, 0.05) is 5.56 Å². The van der Waals surface area contributed by atoms with E-state index in [1.807, 2.05) is 0 Å². The van der Waals surface area contributed by atoms with Crippen LogP contribution in [0.4, 0.5) is 0 Å². The van der Waals surface area contributed by atoms with E-state index < -0.39 is 5.56 Å². The van der Waals surface area contributed by atoms with Crippen molar-refractivity contribution in [1.29, 1.82) is 5.26 Å². The van der Waals surface area contributed by atoms with Gasteiger partial charge >= 0.3 is 0 Å². The minimum Gasteiger partial charge on any atom is -0.506 e. The van der Waals surface area contributed by atoms with E-state index in [1.165, 1.54) is 0 Å². The van der Waals surface area contributed by atoms with Crippen molar-refractivity contribution in [3.05, 3.63) is 50.1 Å². The zero-order chi connectivity index (χ0) is 15.9. The zero-order valence-corrected chi connectivity index (χ0v) is 12.6. The second kappa shape index (κ2) is 5.46. The topological polar surface area (TPSA) is 97.1 Å². The Hall–Kier alpha value is -2.33. The number of rotatable bonds is 2. The highest BCUT2D eigenvalue weighted by molar-refractivity contribution is 7.23. The van der Waals surface area contributed by atoms with Crippen molar-refractivity contribution in [2.45, 2.75) is 6.61 Å². The Morgan fingerprint density at radius 1 is 1.32 bits per heavy atom. The monoisotopic (exact) mass is 332 g/mol. The van der Waals surface area contributed by atoms with Gasteiger partial charge in [-0.05, 0) is 11.1 Å². The lowest BCUT2D eigenvalue weighted by Gasteiger charge is -2.05. The molecule has 0 aliphatic carbocycles. The molecule has 3 rings (SSSR count). The largest absolute Gasteiger partial charge is 0.506 e. The van der Waals surface area contributed by atoms with Crippen LogP contribution in [-0.2, 0) is 6.61 Å². The number of benzene rings is 1. The van der Waals surface area contributed by atoms with Crippen molar-refractivity contribution in [2.75, 3.05) is 0 Å². The third-order valence-electron chi connectivity index (χ3n) is 3.33. The van der Waals surface area contributed by atoms with E-state index in [4.69, 9.17) is 22.0 Å². The molecule has 2 heterocycles. The van der Waals surface area contributed by atoms with Crippen molar-refractivity contribution in [3.63, 3.8) is 0 Å². The SMILES string of the molecule is N#Cc1c(O)c2c(-c3ccc(CO)cc3)c(Cl)sc2[nH]c1=O. The lowest BCUT2D eigenvalue weighted by atomic mass is 10.0. The molecular formula is C15H9ClN2O3S. The number of thiophene rings is 1. The smallest absolute Gasteiger partial charge is 0.270 e. The van der Waals surface area contributed by atoms with Crippen molar-refractivity contribution in [2.24, 2.45) is 0 Å². The summed E-state index contributed by atoms with van der Waals surface area (Å²) in [5, 5.41) is 28.7. The van der Waals surface area contributed by atoms with Crippen molar-refractivity contribution >= 4 is 33.2 Å². The Bertz CT molecular complexity index is 968. The van der Waals surface area contributed by atoms with Gasteiger partial charge in [0.25, 0.3) is 5.56 Å². The summed E-state index contributed by atoms with van der Waals surface area (Å²) in [4.78, 5) is 14.7. The summed E-state index contributed by atoms with van der Waals surface area (Å²) in [7, 11) is 0. The van der Waals surface area contributed by atoms with Crippen LogP contribution in [0.25, 0.3) is 21.3 Å². The molecule has 0 amide bonds. The fraction of sp³-hybridized carbons (Fsp3) is 0.0667. The van der Waals surface area contributed by atoms with Gasteiger partial charge in [0.2, 0.25) is 0 Å². The highest BCUT2D eigenvalue weighted by Gasteiger charge is 2.20. The van der Waals surface area contributed by atoms with E-state index in [0.29, 0.717) is 20.1 Å². The number of aromatic amines is 1. The van der Waals surface area contributed by atoms with Gasteiger partial charge in [-0.3, -0.25) is 4.79 Å². The fourth-order valence-electron chi connectivity index (χ4n) is 2.25. The Labute approximate surface area is 133 Å². The number of pyridine rings is 1. The number of nitrogens with zero attached hydrogens (tertiary/aromatic N) is 1. The van der Waals surface area contributed by atoms with Crippen LogP contribution in [0.3, 0.4) is 0 Å². The first-order valence-corrected chi connectivity index (χ1v) is 7.43. The average Bonchev–Trinajstić information content (AvgIpc) is 2.84. The number of halogens is 1. The minimum absolute atomic E-state index is 0.0739. The van der Waals surface area contributed by atoms with Gasteiger partial charge in [-0.2, -0.15) is 5.26 Å². The van der Waals surface area contributed by atoms with Gasteiger partial charge in [-0.1, -0.05) is 35.9 Å². The first-order valence-electron chi connectivity index (χ1n) is 6.24. The van der Waals surface area contributed by atoms with Gasteiger partial charge in [-0.25, -0.2) is 0 Å². The number of nitriles is 1. The number of H-pyrrole nitrogens is 1. The summed E-state index contributed by atoms with van der Waals surface area (Å²) in [6.45, 7) is -0.0739. The molecular weight excluding hydrogens is 324 g/mol. The van der Waals surface area contributed by atoms with Gasteiger partial charge in [0.15, 0.2) is 5.56 Å². The van der Waals surface area contributed by atoms with Crippen LogP contribution >= 0.6 is 22.9 Å². The molecule has 3 aromatic rings. The maximum Gasteiger partial charge on any atom is 0.270 e. The lowest BCUT2D eigenvalue weighted by molar-refractivity contribution is 0.282. The van der Waals surface area contributed by atoms with Crippen LogP contribution in [0.1, 0.15) is 11.1 Å². The molecule has 1 aromatic carbocycles. The van der Waals surface area contributed by atoms with E-state index in [9.17, 15) is 9.90 Å². The number of nitrogens with one attached hydrogen (secondary N) is 1. The summed E-state index contributed by atoms with van der Waals surface area (Å²) >= 11 is 7.37. The Kier molecular flexibility index (Phi) is 3.62. The maximum absolute atomic E-state index is 11.7. The van der Waals surface area contributed by atoms with Gasteiger partial charge < -0.3 is 15.2 Å². The van der Waals surface area contributed by atoms with E-state index in [0.717, 1.165) is 22.5 Å². The molecule has 0 aliphatic heterocycles. The van der Waals surface area contributed by atoms with Gasteiger partial charge in [0.1, 0.15) is 21.0 Å². The first-order chi connectivity index (χ1) is 10.6. The van der Waals surface area contributed by atoms with Gasteiger partial charge in [0.05, 0.1) is 12.0 Å². The standard InChI is InChI=1S/C15H9ClN2O3S/c16-13-10(8-3-1-7(6-19)2-4-8)11-12(20)9(5-17)14(21)18-15(11)22-13/h1-4,19H,6H2,(H2,18,20,21). The second-order valence-corrected chi connectivity index (χ2v) is 6.22. The highest BCUT2D eigenvalue weighted by Crippen LogP contribution is 2.45. The van der Waals surface area contributed by atoms with Crippen LogP contribution < -0.4 is 5.56 Å². The molecule has 0 atom stereocenters. The van der Waals surface area contributed by atoms with E-state index in [1.54, 1.807) is 30.3 Å². The fourth-order valence-corrected chi connectivity index (χ4v) is 3.63. The average molecular weight is 333 g/mol. The van der Waals surface area contributed by atoms with E-state index >= 15 is 0 Å². The second-order valence-electron chi connectivity index (χ2n) is 4.60. The van der Waals surface area contributed by atoms with Crippen molar-refractivity contribution in [1.82, 2.24) is 4.98 Å². The van der Waals surface area contributed by atoms with Crippen LogP contribution in [0.15, 0.2) is 29.1 Å². The Morgan fingerprint density at radius 3 is 2.59 bits per heavy atom. The van der Waals surface area contributed by atoms with Crippen LogP contribution in [0, 0.1) is 11.3 Å². The molecule has 0 radical (unpaired) electrons. The number of aliphatic hydroxyl groups excluding tert-OH is 1. The third kappa shape index (κ3) is 2.16. The predicted octanol–water partition coefficient (Wildman–Crippen LogP) is 2.98. The maximum atomic E-state index is 11.7. The Balaban J connectivity index is 2.36. The number of hydrogen-bond donors (Lipinski definition) is 3. The lowest BCUT2D eigenvalue weighted by Crippen LogP contribution is -2.09. The molecule has 3 N–H and O–H groups in total. The van der Waals surface area contributed by atoms with Crippen LogP contribution in [0.2, 0.25) is 4.34 Å². The molecule has 110 valence electrons. The quantitative estimate of drug-likeness (QED) is 0.672. The van der Waals surface area contributed by atoms with E-state index in [2.05, 4.69) is 4.98 Å². The number of aromatic hydroxyl groups is 1. The minimum atomic E-state index is -0.646. The number of fused-ring (bicyclic) bond motifs is 1. The molecule has 22 heavy (non-hydrogen) atoms. The first kappa shape index (κ1) is 14.6. The third-order valence-corrected chi connectivity index (χ3v) is 4.64. The molecule has 0 bridgehead atoms. The van der Waals surface area contributed by atoms with Crippen LogP contribution in [0.5, 0.6) is 5.75 Å². The highest BCUT2D eigenvalue weighted by atomic mass is 35.5. The predicted molar refractivity (Wildman–Crippen MR) is 85.2 cm³/mol. The molecule has 5 nitrogen and oxygen atoms in total. The van der Waals surface area contributed by atoms with Crippen molar-refractivity contribution in [3.8, 4) is 22.9 Å². The summed E-state index contributed by atoms with van der Waals surface area (Å²) in [5.74, 6) is -0.370. The number of aliphatic hydroxyl groups is 1.